The van der Waals surface area contributed by atoms with Crippen LogP contribution in [-0.2, 0) is 11.3 Å². The Morgan fingerprint density at radius 1 is 0.875 bits per heavy atom. The zero-order valence-electron chi connectivity index (χ0n) is 17.1. The summed E-state index contributed by atoms with van der Waals surface area (Å²) in [7, 11) is 0. The van der Waals surface area contributed by atoms with Crippen molar-refractivity contribution in [2.45, 2.75) is 6.54 Å². The zero-order valence-corrected chi connectivity index (χ0v) is 17.1. The minimum absolute atomic E-state index is 0.155. The van der Waals surface area contributed by atoms with E-state index in [4.69, 9.17) is 5.10 Å². The first-order chi connectivity index (χ1) is 15.7. The normalized spacial score (nSPS) is 10.9. The topological polar surface area (TPSA) is 81.8 Å². The molecule has 7 nitrogen and oxygen atoms in total. The third-order valence-corrected chi connectivity index (χ3v) is 5.09. The van der Waals surface area contributed by atoms with E-state index in [-0.39, 0.29) is 18.0 Å². The van der Waals surface area contributed by atoms with Crippen molar-refractivity contribution in [3.05, 3.63) is 108 Å². The van der Waals surface area contributed by atoms with Crippen molar-refractivity contribution in [3.8, 4) is 16.9 Å². The summed E-state index contributed by atoms with van der Waals surface area (Å²) in [6.07, 6.45) is 1.40. The third-order valence-electron chi connectivity index (χ3n) is 5.09. The van der Waals surface area contributed by atoms with E-state index in [0.717, 1.165) is 16.9 Å². The van der Waals surface area contributed by atoms with Crippen molar-refractivity contribution in [1.29, 1.82) is 0 Å². The summed E-state index contributed by atoms with van der Waals surface area (Å²) >= 11 is 0. The van der Waals surface area contributed by atoms with Gasteiger partial charge in [0.1, 0.15) is 12.4 Å². The summed E-state index contributed by atoms with van der Waals surface area (Å²) in [6.45, 7) is -0.155. The van der Waals surface area contributed by atoms with E-state index < -0.39 is 0 Å². The molecule has 5 aromatic rings. The van der Waals surface area contributed by atoms with E-state index in [9.17, 15) is 9.59 Å². The smallest absolute Gasteiger partial charge is 0.261 e. The highest BCUT2D eigenvalue weighted by Gasteiger charge is 2.15. The minimum Gasteiger partial charge on any atom is -0.309 e. The van der Waals surface area contributed by atoms with Gasteiger partial charge in [0.2, 0.25) is 5.91 Å². The second-order valence-electron chi connectivity index (χ2n) is 7.27. The fourth-order valence-corrected chi connectivity index (χ4v) is 3.54. The van der Waals surface area contributed by atoms with Crippen molar-refractivity contribution >= 4 is 22.6 Å². The number of amides is 1. The molecule has 0 aliphatic carbocycles. The van der Waals surface area contributed by atoms with Gasteiger partial charge in [-0.15, -0.1) is 0 Å². The van der Waals surface area contributed by atoms with Crippen LogP contribution in [0.25, 0.3) is 27.8 Å². The molecule has 0 radical (unpaired) electrons. The molecule has 3 aromatic carbocycles. The molecular formula is C25H19N5O2. The molecule has 0 bridgehead atoms. The second kappa shape index (κ2) is 8.31. The molecule has 0 atom stereocenters. The Bertz CT molecular complexity index is 1460. The largest absolute Gasteiger partial charge is 0.309 e. The van der Waals surface area contributed by atoms with Crippen LogP contribution in [0.15, 0.2) is 102 Å². The first-order valence-corrected chi connectivity index (χ1v) is 10.1. The van der Waals surface area contributed by atoms with Gasteiger partial charge in [-0.1, -0.05) is 60.7 Å². The summed E-state index contributed by atoms with van der Waals surface area (Å²) in [5.41, 5.74) is 2.83. The number of aromatic nitrogens is 4. The van der Waals surface area contributed by atoms with Crippen molar-refractivity contribution < 1.29 is 4.79 Å². The molecule has 5 rings (SSSR count). The lowest BCUT2D eigenvalue weighted by Gasteiger charge is -2.10. The number of nitrogens with zero attached hydrogens (tertiary/aromatic N) is 4. The Hall–Kier alpha value is -4.52. The maximum atomic E-state index is 12.9. The van der Waals surface area contributed by atoms with E-state index in [0.29, 0.717) is 16.7 Å². The number of rotatable bonds is 5. The highest BCUT2D eigenvalue weighted by Crippen LogP contribution is 2.24. The van der Waals surface area contributed by atoms with Gasteiger partial charge in [0.15, 0.2) is 0 Å². The van der Waals surface area contributed by atoms with Gasteiger partial charge >= 0.3 is 0 Å². The summed E-state index contributed by atoms with van der Waals surface area (Å²) < 4.78 is 2.99. The van der Waals surface area contributed by atoms with Gasteiger partial charge in [0, 0.05) is 11.6 Å². The monoisotopic (exact) mass is 421 g/mol. The number of anilines is 1. The van der Waals surface area contributed by atoms with E-state index in [1.165, 1.54) is 10.9 Å². The van der Waals surface area contributed by atoms with Crippen LogP contribution in [0, 0.1) is 0 Å². The van der Waals surface area contributed by atoms with Gasteiger partial charge in [-0.3, -0.25) is 14.2 Å². The lowest BCUT2D eigenvalue weighted by Crippen LogP contribution is -2.28. The summed E-state index contributed by atoms with van der Waals surface area (Å²) in [4.78, 5) is 29.9. The molecular weight excluding hydrogens is 402 g/mol. The number of nitrogens with one attached hydrogen (secondary N) is 1. The molecule has 0 aliphatic heterocycles. The summed E-state index contributed by atoms with van der Waals surface area (Å²) in [5.74, 6) is 0.169. The van der Waals surface area contributed by atoms with Crippen LogP contribution in [0.3, 0.4) is 0 Å². The van der Waals surface area contributed by atoms with Gasteiger partial charge in [-0.25, -0.2) is 9.67 Å². The van der Waals surface area contributed by atoms with Crippen LogP contribution in [0.4, 0.5) is 5.82 Å². The molecule has 0 unspecified atom stereocenters. The number of para-hydroxylation sites is 2. The maximum absolute atomic E-state index is 12.9. The zero-order chi connectivity index (χ0) is 21.9. The molecule has 0 saturated carbocycles. The number of benzene rings is 3. The van der Waals surface area contributed by atoms with Crippen LogP contribution in [0.2, 0.25) is 0 Å². The second-order valence-corrected chi connectivity index (χ2v) is 7.27. The lowest BCUT2D eigenvalue weighted by molar-refractivity contribution is -0.116. The van der Waals surface area contributed by atoms with Crippen LogP contribution in [0.5, 0.6) is 0 Å². The number of hydrogen-bond donors (Lipinski definition) is 1. The SMILES string of the molecule is O=C(Cn1cnc2ccccc2c1=O)Nc1cc(-c2ccccc2)nn1-c1ccccc1. The van der Waals surface area contributed by atoms with Gasteiger partial charge in [-0.05, 0) is 24.3 Å². The van der Waals surface area contributed by atoms with Crippen LogP contribution < -0.4 is 10.9 Å². The fourth-order valence-electron chi connectivity index (χ4n) is 3.54. The Kier molecular flexibility index (Phi) is 5.05. The minimum atomic E-state index is -0.346. The van der Waals surface area contributed by atoms with Gasteiger partial charge in [0.25, 0.3) is 5.56 Å². The standard InChI is InChI=1S/C25H19N5O2/c31-24(16-29-17-26-21-14-8-7-13-20(21)25(29)32)27-23-15-22(18-9-3-1-4-10-18)28-30(23)19-11-5-2-6-12-19/h1-15,17H,16H2,(H,27,31). The van der Waals surface area contributed by atoms with E-state index in [1.54, 1.807) is 22.9 Å². The Morgan fingerprint density at radius 3 is 2.34 bits per heavy atom. The quantitative estimate of drug-likeness (QED) is 0.467. The van der Waals surface area contributed by atoms with Gasteiger partial charge in [0.05, 0.1) is 28.6 Å². The molecule has 0 aliphatic rings. The molecule has 1 N–H and O–H groups in total. The average Bonchev–Trinajstić information content (AvgIpc) is 3.26. The third kappa shape index (κ3) is 3.79. The van der Waals surface area contributed by atoms with Gasteiger partial charge < -0.3 is 5.32 Å². The maximum Gasteiger partial charge on any atom is 0.261 e. The number of fused-ring (bicyclic) bond motifs is 1. The molecule has 2 aromatic heterocycles. The predicted octanol–water partition coefficient (Wildman–Crippen LogP) is 3.89. The fraction of sp³-hybridized carbons (Fsp3) is 0.0400. The predicted molar refractivity (Wildman–Crippen MR) is 124 cm³/mol. The lowest BCUT2D eigenvalue weighted by atomic mass is 10.2. The Balaban J connectivity index is 1.47. The number of carbonyl (C=O) groups excluding carboxylic acids is 1. The molecule has 0 spiro atoms. The van der Waals surface area contributed by atoms with Crippen molar-refractivity contribution in [1.82, 2.24) is 19.3 Å². The highest BCUT2D eigenvalue weighted by atomic mass is 16.2. The van der Waals surface area contributed by atoms with E-state index >= 15 is 0 Å². The molecule has 2 heterocycles. The first kappa shape index (κ1) is 19.4. The van der Waals surface area contributed by atoms with E-state index in [2.05, 4.69) is 10.3 Å². The molecule has 0 fully saturated rings. The van der Waals surface area contributed by atoms with Crippen LogP contribution in [-0.4, -0.2) is 25.2 Å². The molecule has 156 valence electrons. The average molecular weight is 421 g/mol. The number of carbonyl (C=O) groups is 1. The number of hydrogen-bond acceptors (Lipinski definition) is 4. The molecule has 7 heteroatoms. The summed E-state index contributed by atoms with van der Waals surface area (Å²) in [5, 5.41) is 8.06. The molecule has 32 heavy (non-hydrogen) atoms. The summed E-state index contributed by atoms with van der Waals surface area (Å²) in [6, 6.07) is 28.2. The van der Waals surface area contributed by atoms with Crippen LogP contribution >= 0.6 is 0 Å². The van der Waals surface area contributed by atoms with E-state index in [1.807, 2.05) is 72.8 Å². The molecule has 0 saturated heterocycles. The van der Waals surface area contributed by atoms with Crippen molar-refractivity contribution in [3.63, 3.8) is 0 Å². The highest BCUT2D eigenvalue weighted by molar-refractivity contribution is 5.91. The Morgan fingerprint density at radius 2 is 1.56 bits per heavy atom. The first-order valence-electron chi connectivity index (χ1n) is 10.1. The van der Waals surface area contributed by atoms with Crippen molar-refractivity contribution in [2.24, 2.45) is 0 Å². The van der Waals surface area contributed by atoms with Crippen LogP contribution in [0.1, 0.15) is 0 Å². The van der Waals surface area contributed by atoms with Crippen molar-refractivity contribution in [2.75, 3.05) is 5.32 Å². The molecule has 1 amide bonds. The Labute approximate surface area is 183 Å². The van der Waals surface area contributed by atoms with Gasteiger partial charge in [-0.2, -0.15) is 5.10 Å².